The molecule has 84 valence electrons. The minimum absolute atomic E-state index is 0.293. The number of aryl methyl sites for hydroxylation is 1. The lowest BCUT2D eigenvalue weighted by Crippen LogP contribution is -2.09. The van der Waals surface area contributed by atoms with Crippen molar-refractivity contribution in [2.45, 2.75) is 27.3 Å². The van der Waals surface area contributed by atoms with E-state index in [4.69, 9.17) is 10.5 Å². The van der Waals surface area contributed by atoms with Gasteiger partial charge >= 0.3 is 5.97 Å². The number of thiazole rings is 1. The van der Waals surface area contributed by atoms with Gasteiger partial charge in [0, 0.05) is 6.54 Å². The first-order chi connectivity index (χ1) is 7.04. The van der Waals surface area contributed by atoms with E-state index >= 15 is 0 Å². The Balaban J connectivity index is 2.68. The maximum Gasteiger partial charge on any atom is 0.350 e. The second-order valence-corrected chi connectivity index (χ2v) is 4.80. The van der Waals surface area contributed by atoms with Crippen LogP contribution in [0.5, 0.6) is 0 Å². The van der Waals surface area contributed by atoms with Crippen molar-refractivity contribution in [2.24, 2.45) is 11.7 Å². The molecule has 0 atom stereocenters. The molecule has 0 saturated carbocycles. The number of ether oxygens (including phenoxy) is 1. The first kappa shape index (κ1) is 12.1. The molecule has 4 nitrogen and oxygen atoms in total. The third-order valence-corrected chi connectivity index (χ3v) is 2.91. The van der Waals surface area contributed by atoms with Gasteiger partial charge in [-0.25, -0.2) is 9.78 Å². The van der Waals surface area contributed by atoms with Gasteiger partial charge < -0.3 is 10.5 Å². The van der Waals surface area contributed by atoms with Gasteiger partial charge in [0.05, 0.1) is 12.3 Å². The van der Waals surface area contributed by atoms with Crippen LogP contribution in [0.4, 0.5) is 0 Å². The van der Waals surface area contributed by atoms with Gasteiger partial charge in [0.2, 0.25) is 0 Å². The van der Waals surface area contributed by atoms with E-state index in [2.05, 4.69) is 4.98 Å². The van der Waals surface area contributed by atoms with Gasteiger partial charge in [0.15, 0.2) is 0 Å². The number of carbonyl (C=O) groups is 1. The number of esters is 1. The molecule has 0 radical (unpaired) electrons. The predicted molar refractivity (Wildman–Crippen MR) is 59.9 cm³/mol. The molecule has 0 aliphatic rings. The summed E-state index contributed by atoms with van der Waals surface area (Å²) in [6, 6.07) is 0. The van der Waals surface area contributed by atoms with Crippen molar-refractivity contribution in [3.05, 3.63) is 15.6 Å². The lowest BCUT2D eigenvalue weighted by atomic mass is 10.2. The highest BCUT2D eigenvalue weighted by Crippen LogP contribution is 2.18. The first-order valence-electron chi connectivity index (χ1n) is 4.88. The largest absolute Gasteiger partial charge is 0.461 e. The summed E-state index contributed by atoms with van der Waals surface area (Å²) in [7, 11) is 0. The molecular weight excluding hydrogens is 212 g/mol. The molecule has 0 bridgehead atoms. The predicted octanol–water partition coefficient (Wildman–Crippen LogP) is 1.72. The number of hydrogen-bond donors (Lipinski definition) is 1. The highest BCUT2D eigenvalue weighted by molar-refractivity contribution is 7.13. The van der Waals surface area contributed by atoms with Gasteiger partial charge in [-0.3, -0.25) is 0 Å². The van der Waals surface area contributed by atoms with Crippen LogP contribution in [0.2, 0.25) is 0 Å². The Hall–Kier alpha value is -0.940. The standard InChI is InChI=1S/C10H16N2O2S/c1-6(2)5-14-10(13)9-7(3)12-8(4-11)15-9/h6H,4-5,11H2,1-3H3. The number of rotatable bonds is 4. The second-order valence-electron chi connectivity index (χ2n) is 3.72. The molecule has 0 spiro atoms. The molecule has 0 amide bonds. The molecule has 5 heteroatoms. The highest BCUT2D eigenvalue weighted by atomic mass is 32.1. The molecule has 1 aromatic heterocycles. The SMILES string of the molecule is Cc1nc(CN)sc1C(=O)OCC(C)C. The summed E-state index contributed by atoms with van der Waals surface area (Å²) in [6.07, 6.45) is 0. The topological polar surface area (TPSA) is 65.2 Å². The molecule has 1 heterocycles. The molecule has 15 heavy (non-hydrogen) atoms. The molecule has 1 rings (SSSR count). The molecule has 0 aliphatic heterocycles. The quantitative estimate of drug-likeness (QED) is 0.797. The zero-order chi connectivity index (χ0) is 11.4. The lowest BCUT2D eigenvalue weighted by Gasteiger charge is -2.05. The minimum atomic E-state index is -0.293. The van der Waals surface area contributed by atoms with Crippen LogP contribution in [0.3, 0.4) is 0 Å². The summed E-state index contributed by atoms with van der Waals surface area (Å²) in [4.78, 5) is 16.3. The maximum atomic E-state index is 11.6. The summed E-state index contributed by atoms with van der Waals surface area (Å²) in [5.41, 5.74) is 6.15. The molecule has 1 aromatic rings. The monoisotopic (exact) mass is 228 g/mol. The summed E-state index contributed by atoms with van der Waals surface area (Å²) in [6.45, 7) is 6.59. The van der Waals surface area contributed by atoms with Gasteiger partial charge in [-0.05, 0) is 12.8 Å². The van der Waals surface area contributed by atoms with Gasteiger partial charge in [-0.2, -0.15) is 0 Å². The molecule has 0 saturated heterocycles. The molecule has 0 aromatic carbocycles. The third-order valence-electron chi connectivity index (χ3n) is 1.75. The Morgan fingerprint density at radius 1 is 1.60 bits per heavy atom. The fraction of sp³-hybridized carbons (Fsp3) is 0.600. The Morgan fingerprint density at radius 2 is 2.27 bits per heavy atom. The van der Waals surface area contributed by atoms with Crippen LogP contribution in [-0.2, 0) is 11.3 Å². The Labute approximate surface area is 93.5 Å². The highest BCUT2D eigenvalue weighted by Gasteiger charge is 2.16. The van der Waals surface area contributed by atoms with E-state index in [0.717, 1.165) is 5.01 Å². The van der Waals surface area contributed by atoms with Crippen LogP contribution in [-0.4, -0.2) is 17.6 Å². The van der Waals surface area contributed by atoms with Crippen molar-refractivity contribution >= 4 is 17.3 Å². The van der Waals surface area contributed by atoms with E-state index in [-0.39, 0.29) is 5.97 Å². The van der Waals surface area contributed by atoms with Gasteiger partial charge in [0.1, 0.15) is 9.88 Å². The minimum Gasteiger partial charge on any atom is -0.461 e. The maximum absolute atomic E-state index is 11.6. The van der Waals surface area contributed by atoms with Crippen LogP contribution in [0.1, 0.15) is 34.2 Å². The van der Waals surface area contributed by atoms with Crippen LogP contribution in [0, 0.1) is 12.8 Å². The number of nitrogens with zero attached hydrogens (tertiary/aromatic N) is 1. The van der Waals surface area contributed by atoms with Crippen molar-refractivity contribution in [1.82, 2.24) is 4.98 Å². The summed E-state index contributed by atoms with van der Waals surface area (Å²) in [5, 5.41) is 0.768. The van der Waals surface area contributed by atoms with E-state index in [1.807, 2.05) is 13.8 Å². The fourth-order valence-corrected chi connectivity index (χ4v) is 1.87. The molecule has 0 unspecified atom stereocenters. The van der Waals surface area contributed by atoms with Gasteiger partial charge in [-0.1, -0.05) is 13.8 Å². The van der Waals surface area contributed by atoms with Crippen LogP contribution < -0.4 is 5.73 Å². The fourth-order valence-electron chi connectivity index (χ4n) is 1.04. The summed E-state index contributed by atoms with van der Waals surface area (Å²) < 4.78 is 5.12. The molecular formula is C10H16N2O2S. The van der Waals surface area contributed by atoms with E-state index in [9.17, 15) is 4.79 Å². The smallest absolute Gasteiger partial charge is 0.350 e. The van der Waals surface area contributed by atoms with Gasteiger partial charge in [0.25, 0.3) is 0 Å². The first-order valence-corrected chi connectivity index (χ1v) is 5.69. The normalized spacial score (nSPS) is 10.7. The second kappa shape index (κ2) is 5.23. The number of aromatic nitrogens is 1. The summed E-state index contributed by atoms with van der Waals surface area (Å²) in [5.74, 6) is 0.0505. The zero-order valence-corrected chi connectivity index (χ0v) is 10.1. The van der Waals surface area contributed by atoms with E-state index in [1.54, 1.807) is 6.92 Å². The number of carbonyl (C=O) groups excluding carboxylic acids is 1. The zero-order valence-electron chi connectivity index (χ0n) is 9.24. The van der Waals surface area contributed by atoms with E-state index < -0.39 is 0 Å². The van der Waals surface area contributed by atoms with Crippen LogP contribution >= 0.6 is 11.3 Å². The molecule has 0 fully saturated rings. The summed E-state index contributed by atoms with van der Waals surface area (Å²) >= 11 is 1.31. The van der Waals surface area contributed by atoms with Crippen LogP contribution in [0.25, 0.3) is 0 Å². The molecule has 2 N–H and O–H groups in total. The van der Waals surface area contributed by atoms with E-state index in [0.29, 0.717) is 29.6 Å². The lowest BCUT2D eigenvalue weighted by molar-refractivity contribution is 0.0463. The van der Waals surface area contributed by atoms with Crippen molar-refractivity contribution in [3.8, 4) is 0 Å². The Bertz CT molecular complexity index is 347. The number of hydrogen-bond acceptors (Lipinski definition) is 5. The van der Waals surface area contributed by atoms with Crippen molar-refractivity contribution in [2.75, 3.05) is 6.61 Å². The average Bonchev–Trinajstić information content (AvgIpc) is 2.56. The molecule has 0 aliphatic carbocycles. The van der Waals surface area contributed by atoms with Crippen molar-refractivity contribution < 1.29 is 9.53 Å². The van der Waals surface area contributed by atoms with Crippen LogP contribution in [0.15, 0.2) is 0 Å². The third kappa shape index (κ3) is 3.28. The Kier molecular flexibility index (Phi) is 4.23. The Morgan fingerprint density at radius 3 is 2.73 bits per heavy atom. The van der Waals surface area contributed by atoms with E-state index in [1.165, 1.54) is 11.3 Å². The van der Waals surface area contributed by atoms with Crippen molar-refractivity contribution in [3.63, 3.8) is 0 Å². The number of nitrogens with two attached hydrogens (primary N) is 1. The van der Waals surface area contributed by atoms with Gasteiger partial charge in [-0.15, -0.1) is 11.3 Å². The average molecular weight is 228 g/mol. The van der Waals surface area contributed by atoms with Crippen molar-refractivity contribution in [1.29, 1.82) is 0 Å².